The fourth-order valence-electron chi connectivity index (χ4n) is 2.24. The molecule has 94 valence electrons. The van der Waals surface area contributed by atoms with Gasteiger partial charge in [-0.3, -0.25) is 4.90 Å². The van der Waals surface area contributed by atoms with E-state index in [4.69, 9.17) is 16.3 Å². The van der Waals surface area contributed by atoms with Crippen LogP contribution in [0.15, 0.2) is 16.6 Å². The van der Waals surface area contributed by atoms with Gasteiger partial charge in [0.1, 0.15) is 5.15 Å². The summed E-state index contributed by atoms with van der Waals surface area (Å²) < 4.78 is 6.68. The first kappa shape index (κ1) is 13.3. The van der Waals surface area contributed by atoms with Gasteiger partial charge in [0.2, 0.25) is 0 Å². The molecule has 0 aromatic carbocycles. The summed E-state index contributed by atoms with van der Waals surface area (Å²) in [6.45, 7) is 6.90. The molecule has 17 heavy (non-hydrogen) atoms. The molecule has 1 aliphatic rings. The molecule has 1 aromatic heterocycles. The first-order chi connectivity index (χ1) is 8.02. The van der Waals surface area contributed by atoms with E-state index in [-0.39, 0.29) is 12.2 Å². The van der Waals surface area contributed by atoms with E-state index in [0.29, 0.717) is 5.15 Å². The third-order valence-electron chi connectivity index (χ3n) is 2.69. The summed E-state index contributed by atoms with van der Waals surface area (Å²) in [5.41, 5.74) is 0.991. The Labute approximate surface area is 115 Å². The van der Waals surface area contributed by atoms with Crippen LogP contribution < -0.4 is 0 Å². The Morgan fingerprint density at radius 3 is 2.65 bits per heavy atom. The second kappa shape index (κ2) is 5.65. The highest BCUT2D eigenvalue weighted by atomic mass is 79.9. The summed E-state index contributed by atoms with van der Waals surface area (Å²) in [4.78, 5) is 6.68. The van der Waals surface area contributed by atoms with Crippen molar-refractivity contribution in [1.29, 1.82) is 0 Å². The smallest absolute Gasteiger partial charge is 0.130 e. The number of morpholine rings is 1. The highest BCUT2D eigenvalue weighted by molar-refractivity contribution is 9.10. The largest absolute Gasteiger partial charge is 0.373 e. The van der Waals surface area contributed by atoms with Crippen LogP contribution in [0.4, 0.5) is 0 Å². The van der Waals surface area contributed by atoms with Gasteiger partial charge in [0, 0.05) is 24.1 Å². The van der Waals surface area contributed by atoms with E-state index in [1.165, 1.54) is 0 Å². The number of nitrogens with zero attached hydrogens (tertiary/aromatic N) is 2. The van der Waals surface area contributed by atoms with E-state index in [1.54, 1.807) is 6.07 Å². The fraction of sp³-hybridized carbons (Fsp3) is 0.583. The summed E-state index contributed by atoms with van der Waals surface area (Å²) >= 11 is 9.37. The lowest BCUT2D eigenvalue weighted by atomic mass is 10.2. The van der Waals surface area contributed by atoms with Crippen LogP contribution in [0.2, 0.25) is 5.15 Å². The Morgan fingerprint density at radius 2 is 2.06 bits per heavy atom. The van der Waals surface area contributed by atoms with E-state index in [9.17, 15) is 0 Å². The maximum Gasteiger partial charge on any atom is 0.130 e. The van der Waals surface area contributed by atoms with Gasteiger partial charge in [-0.25, -0.2) is 4.98 Å². The predicted octanol–water partition coefficient (Wildman–Crippen LogP) is 3.11. The minimum atomic E-state index is 0.279. The van der Waals surface area contributed by atoms with Crippen molar-refractivity contribution in [3.05, 3.63) is 27.5 Å². The van der Waals surface area contributed by atoms with E-state index in [0.717, 1.165) is 29.8 Å². The molecule has 3 nitrogen and oxygen atoms in total. The number of ether oxygens (including phenoxy) is 1. The van der Waals surface area contributed by atoms with Crippen LogP contribution in [0.5, 0.6) is 0 Å². The molecule has 0 spiro atoms. The molecule has 0 amide bonds. The average Bonchev–Trinajstić information content (AvgIpc) is 2.13. The Bertz CT molecular complexity index is 372. The standard InChI is InChI=1S/C12H16BrClN2O/c1-8-5-16(6-9(2)17-8)7-11-3-10(13)4-12(14)15-11/h3-4,8-9H,5-7H2,1-2H3/t8-,9+. The van der Waals surface area contributed by atoms with Crippen molar-refractivity contribution in [2.45, 2.75) is 32.6 Å². The van der Waals surface area contributed by atoms with Gasteiger partial charge in [-0.15, -0.1) is 0 Å². The molecule has 0 unspecified atom stereocenters. The van der Waals surface area contributed by atoms with Gasteiger partial charge in [0.05, 0.1) is 17.9 Å². The lowest BCUT2D eigenvalue weighted by Gasteiger charge is -2.35. The van der Waals surface area contributed by atoms with Crippen molar-refractivity contribution in [3.63, 3.8) is 0 Å². The molecule has 0 bridgehead atoms. The summed E-state index contributed by atoms with van der Waals surface area (Å²) in [6.07, 6.45) is 0.558. The second-order valence-corrected chi connectivity index (χ2v) is 5.85. The first-order valence-corrected chi connectivity index (χ1v) is 6.90. The highest BCUT2D eigenvalue weighted by Gasteiger charge is 2.22. The Morgan fingerprint density at radius 1 is 1.41 bits per heavy atom. The quantitative estimate of drug-likeness (QED) is 0.783. The van der Waals surface area contributed by atoms with E-state index in [1.807, 2.05) is 6.07 Å². The van der Waals surface area contributed by atoms with Gasteiger partial charge in [-0.1, -0.05) is 27.5 Å². The van der Waals surface area contributed by atoms with E-state index < -0.39 is 0 Å². The third-order valence-corrected chi connectivity index (χ3v) is 3.34. The number of pyridine rings is 1. The maximum atomic E-state index is 5.94. The van der Waals surface area contributed by atoms with Crippen LogP contribution in [-0.2, 0) is 11.3 Å². The third kappa shape index (κ3) is 3.91. The highest BCUT2D eigenvalue weighted by Crippen LogP contribution is 2.19. The van der Waals surface area contributed by atoms with Crippen molar-refractivity contribution in [1.82, 2.24) is 9.88 Å². The molecule has 0 saturated carbocycles. The van der Waals surface area contributed by atoms with Gasteiger partial charge >= 0.3 is 0 Å². The molecule has 0 aliphatic carbocycles. The van der Waals surface area contributed by atoms with Crippen LogP contribution in [0.1, 0.15) is 19.5 Å². The van der Waals surface area contributed by atoms with Gasteiger partial charge in [0.15, 0.2) is 0 Å². The molecule has 1 fully saturated rings. The molecule has 2 rings (SSSR count). The van der Waals surface area contributed by atoms with Gasteiger partial charge < -0.3 is 4.74 Å². The van der Waals surface area contributed by atoms with Crippen molar-refractivity contribution in [2.24, 2.45) is 0 Å². The van der Waals surface area contributed by atoms with Crippen molar-refractivity contribution >= 4 is 27.5 Å². The maximum absolute atomic E-state index is 5.94. The van der Waals surface area contributed by atoms with Crippen molar-refractivity contribution in [2.75, 3.05) is 13.1 Å². The normalized spacial score (nSPS) is 26.1. The van der Waals surface area contributed by atoms with E-state index in [2.05, 4.69) is 39.7 Å². The zero-order valence-electron chi connectivity index (χ0n) is 9.99. The lowest BCUT2D eigenvalue weighted by Crippen LogP contribution is -2.44. The molecule has 1 saturated heterocycles. The van der Waals surface area contributed by atoms with Gasteiger partial charge in [-0.2, -0.15) is 0 Å². The summed E-state index contributed by atoms with van der Waals surface area (Å²) in [7, 11) is 0. The topological polar surface area (TPSA) is 25.4 Å². The molecular weight excluding hydrogens is 304 g/mol. The second-order valence-electron chi connectivity index (χ2n) is 4.55. The molecule has 0 radical (unpaired) electrons. The molecule has 1 aliphatic heterocycles. The van der Waals surface area contributed by atoms with Crippen LogP contribution >= 0.6 is 27.5 Å². The Hall–Kier alpha value is -0.160. The Balaban J connectivity index is 2.04. The Kier molecular flexibility index (Phi) is 4.42. The molecular formula is C12H16BrClN2O. The minimum Gasteiger partial charge on any atom is -0.373 e. The molecule has 1 aromatic rings. The zero-order chi connectivity index (χ0) is 12.4. The monoisotopic (exact) mass is 318 g/mol. The summed E-state index contributed by atoms with van der Waals surface area (Å²) in [5, 5.41) is 0.531. The van der Waals surface area contributed by atoms with Crippen LogP contribution in [0.25, 0.3) is 0 Å². The predicted molar refractivity (Wildman–Crippen MR) is 72.2 cm³/mol. The number of aromatic nitrogens is 1. The van der Waals surface area contributed by atoms with Crippen molar-refractivity contribution in [3.8, 4) is 0 Å². The number of rotatable bonds is 2. The molecule has 2 atom stereocenters. The lowest BCUT2D eigenvalue weighted by molar-refractivity contribution is -0.0707. The van der Waals surface area contributed by atoms with Crippen LogP contribution in [0.3, 0.4) is 0 Å². The SMILES string of the molecule is C[C@@H]1CN(Cc2cc(Br)cc(Cl)n2)C[C@H](C)O1. The van der Waals surface area contributed by atoms with Crippen molar-refractivity contribution < 1.29 is 4.74 Å². The average molecular weight is 320 g/mol. The van der Waals surface area contributed by atoms with Crippen LogP contribution in [-0.4, -0.2) is 35.2 Å². The minimum absolute atomic E-state index is 0.279. The van der Waals surface area contributed by atoms with E-state index >= 15 is 0 Å². The van der Waals surface area contributed by atoms with Gasteiger partial charge in [-0.05, 0) is 26.0 Å². The summed E-state index contributed by atoms with van der Waals surface area (Å²) in [5.74, 6) is 0. The molecule has 2 heterocycles. The molecule has 5 heteroatoms. The fourth-order valence-corrected chi connectivity index (χ4v) is 3.08. The molecule has 0 N–H and O–H groups in total. The summed E-state index contributed by atoms with van der Waals surface area (Å²) in [6, 6.07) is 3.81. The first-order valence-electron chi connectivity index (χ1n) is 5.72. The zero-order valence-corrected chi connectivity index (χ0v) is 12.3. The van der Waals surface area contributed by atoms with Gasteiger partial charge in [0.25, 0.3) is 0 Å². The number of hydrogen-bond donors (Lipinski definition) is 0. The van der Waals surface area contributed by atoms with Crippen LogP contribution in [0, 0.1) is 0 Å². The number of hydrogen-bond acceptors (Lipinski definition) is 3. The number of halogens is 2.